The molecule has 5 heteroatoms. The van der Waals surface area contributed by atoms with Gasteiger partial charge in [0.25, 0.3) is 5.56 Å². The van der Waals surface area contributed by atoms with Gasteiger partial charge in [-0.2, -0.15) is 0 Å². The zero-order valence-electron chi connectivity index (χ0n) is 9.67. The number of carbonyl (C=O) groups is 1. The number of esters is 1. The van der Waals surface area contributed by atoms with Crippen LogP contribution in [-0.2, 0) is 16.1 Å². The fraction of sp³-hybridized carbons (Fsp3) is 0.333. The molecule has 0 aliphatic rings. The summed E-state index contributed by atoms with van der Waals surface area (Å²) >= 11 is 1.28. The van der Waals surface area contributed by atoms with E-state index in [2.05, 4.69) is 0 Å². The van der Waals surface area contributed by atoms with Crippen LogP contribution in [0.1, 0.15) is 13.8 Å². The molecule has 0 saturated heterocycles. The molecule has 0 saturated carbocycles. The lowest BCUT2D eigenvalue weighted by molar-refractivity contribution is -0.147. The van der Waals surface area contributed by atoms with Crippen LogP contribution in [0.5, 0.6) is 0 Å². The first-order valence-corrected chi connectivity index (χ1v) is 6.13. The van der Waals surface area contributed by atoms with Crippen LogP contribution in [0.2, 0.25) is 0 Å². The maximum atomic E-state index is 11.9. The number of carbonyl (C=O) groups excluding carboxylic acids is 1. The zero-order valence-corrected chi connectivity index (χ0v) is 10.5. The molecule has 0 amide bonds. The molecule has 1 aromatic heterocycles. The van der Waals surface area contributed by atoms with E-state index in [-0.39, 0.29) is 24.2 Å². The normalized spacial score (nSPS) is 11.0. The van der Waals surface area contributed by atoms with Gasteiger partial charge < -0.3 is 4.74 Å². The summed E-state index contributed by atoms with van der Waals surface area (Å²) < 4.78 is 7.32. The van der Waals surface area contributed by atoms with Crippen molar-refractivity contribution in [1.82, 2.24) is 3.96 Å². The molecular formula is C12H13NO3S. The van der Waals surface area contributed by atoms with Crippen LogP contribution >= 0.6 is 11.5 Å². The Morgan fingerprint density at radius 2 is 2.12 bits per heavy atom. The van der Waals surface area contributed by atoms with Gasteiger partial charge in [-0.05, 0) is 26.0 Å². The second kappa shape index (κ2) is 4.71. The van der Waals surface area contributed by atoms with Gasteiger partial charge in [0.2, 0.25) is 0 Å². The molecule has 0 aliphatic heterocycles. The first kappa shape index (κ1) is 11.9. The number of hydrogen-bond donors (Lipinski definition) is 0. The highest BCUT2D eigenvalue weighted by Crippen LogP contribution is 2.15. The lowest BCUT2D eigenvalue weighted by Gasteiger charge is -2.06. The molecule has 2 rings (SSSR count). The van der Waals surface area contributed by atoms with Gasteiger partial charge in [-0.1, -0.05) is 23.7 Å². The Morgan fingerprint density at radius 3 is 2.76 bits per heavy atom. The number of hydrogen-bond acceptors (Lipinski definition) is 4. The van der Waals surface area contributed by atoms with Crippen molar-refractivity contribution in [2.24, 2.45) is 0 Å². The molecule has 17 heavy (non-hydrogen) atoms. The van der Waals surface area contributed by atoms with Gasteiger partial charge in [-0.15, -0.1) is 0 Å². The second-order valence-electron chi connectivity index (χ2n) is 3.97. The highest BCUT2D eigenvalue weighted by molar-refractivity contribution is 7.13. The first-order chi connectivity index (χ1) is 8.08. The Kier molecular flexibility index (Phi) is 3.28. The molecule has 4 nitrogen and oxygen atoms in total. The topological polar surface area (TPSA) is 48.3 Å². The molecule has 0 bridgehead atoms. The van der Waals surface area contributed by atoms with Crippen LogP contribution in [0.3, 0.4) is 0 Å². The minimum absolute atomic E-state index is 0.0175. The molecule has 1 aromatic carbocycles. The number of aromatic nitrogens is 1. The van der Waals surface area contributed by atoms with Crippen LogP contribution in [0.25, 0.3) is 10.1 Å². The highest BCUT2D eigenvalue weighted by atomic mass is 32.1. The Bertz CT molecular complexity index is 597. The maximum Gasteiger partial charge on any atom is 0.327 e. The minimum atomic E-state index is -0.381. The monoisotopic (exact) mass is 251 g/mol. The summed E-state index contributed by atoms with van der Waals surface area (Å²) in [7, 11) is 0. The fourth-order valence-corrected chi connectivity index (χ4v) is 2.52. The van der Waals surface area contributed by atoms with Crippen molar-refractivity contribution in [2.45, 2.75) is 26.5 Å². The molecule has 0 spiro atoms. The van der Waals surface area contributed by atoms with Gasteiger partial charge in [0.15, 0.2) is 0 Å². The zero-order chi connectivity index (χ0) is 12.4. The maximum absolute atomic E-state index is 11.9. The van der Waals surface area contributed by atoms with E-state index in [9.17, 15) is 9.59 Å². The van der Waals surface area contributed by atoms with Gasteiger partial charge in [-0.25, -0.2) is 0 Å². The number of benzene rings is 1. The van der Waals surface area contributed by atoms with E-state index in [0.717, 1.165) is 4.70 Å². The van der Waals surface area contributed by atoms with E-state index in [1.807, 2.05) is 18.2 Å². The molecule has 0 radical (unpaired) electrons. The summed E-state index contributed by atoms with van der Waals surface area (Å²) in [6.45, 7) is 3.55. The highest BCUT2D eigenvalue weighted by Gasteiger charge is 2.12. The standard InChI is InChI=1S/C12H13NO3S/c1-8(2)16-11(14)7-13-12(15)9-5-3-4-6-10(9)17-13/h3-6,8H,7H2,1-2H3. The van der Waals surface area contributed by atoms with Crippen molar-refractivity contribution in [3.05, 3.63) is 34.6 Å². The summed E-state index contributed by atoms with van der Waals surface area (Å²) in [5.41, 5.74) is -0.133. The number of fused-ring (bicyclic) bond motifs is 1. The third kappa shape index (κ3) is 2.55. The molecule has 0 aliphatic carbocycles. The van der Waals surface area contributed by atoms with Crippen molar-refractivity contribution in [2.75, 3.05) is 0 Å². The molecule has 1 heterocycles. The largest absolute Gasteiger partial charge is 0.462 e. The molecule has 0 fully saturated rings. The van der Waals surface area contributed by atoms with Crippen molar-refractivity contribution < 1.29 is 9.53 Å². The number of ether oxygens (including phenoxy) is 1. The average Bonchev–Trinajstić information content (AvgIpc) is 2.55. The van der Waals surface area contributed by atoms with Crippen molar-refractivity contribution in [1.29, 1.82) is 0 Å². The van der Waals surface area contributed by atoms with E-state index >= 15 is 0 Å². The van der Waals surface area contributed by atoms with Crippen LogP contribution in [0.15, 0.2) is 29.1 Å². The first-order valence-electron chi connectivity index (χ1n) is 5.36. The van der Waals surface area contributed by atoms with Gasteiger partial charge in [0.05, 0.1) is 16.2 Å². The fourth-order valence-electron chi connectivity index (χ4n) is 1.54. The predicted molar refractivity (Wildman–Crippen MR) is 67.3 cm³/mol. The lowest BCUT2D eigenvalue weighted by atomic mass is 10.3. The summed E-state index contributed by atoms with van der Waals surface area (Å²) in [5.74, 6) is -0.381. The van der Waals surface area contributed by atoms with Gasteiger partial charge in [0.1, 0.15) is 6.54 Å². The molecule has 0 unspecified atom stereocenters. The summed E-state index contributed by atoms with van der Waals surface area (Å²) in [6.07, 6.45) is -0.160. The third-order valence-corrected chi connectivity index (χ3v) is 3.26. The van der Waals surface area contributed by atoms with Crippen LogP contribution in [-0.4, -0.2) is 16.0 Å². The van der Waals surface area contributed by atoms with Crippen LogP contribution in [0.4, 0.5) is 0 Å². The Morgan fingerprint density at radius 1 is 1.41 bits per heavy atom. The van der Waals surface area contributed by atoms with Crippen molar-refractivity contribution in [3.8, 4) is 0 Å². The van der Waals surface area contributed by atoms with Gasteiger partial charge >= 0.3 is 5.97 Å². The van der Waals surface area contributed by atoms with E-state index < -0.39 is 0 Å². The number of nitrogens with zero attached hydrogens (tertiary/aromatic N) is 1. The smallest absolute Gasteiger partial charge is 0.327 e. The summed E-state index contributed by atoms with van der Waals surface area (Å²) in [4.78, 5) is 23.4. The van der Waals surface area contributed by atoms with Crippen molar-refractivity contribution >= 4 is 27.6 Å². The Labute approximate surface area is 103 Å². The SMILES string of the molecule is CC(C)OC(=O)Cn1sc2ccccc2c1=O. The number of rotatable bonds is 3. The minimum Gasteiger partial charge on any atom is -0.462 e. The quantitative estimate of drug-likeness (QED) is 0.784. The predicted octanol–water partition coefficient (Wildman–Crippen LogP) is 2.01. The Hall–Kier alpha value is -1.62. The van der Waals surface area contributed by atoms with Crippen LogP contribution < -0.4 is 5.56 Å². The van der Waals surface area contributed by atoms with E-state index in [1.54, 1.807) is 19.9 Å². The summed E-state index contributed by atoms with van der Waals surface area (Å²) in [6, 6.07) is 7.31. The van der Waals surface area contributed by atoms with Gasteiger partial charge in [-0.3, -0.25) is 13.5 Å². The molecule has 0 N–H and O–H groups in total. The Balaban J connectivity index is 2.28. The van der Waals surface area contributed by atoms with Gasteiger partial charge in [0, 0.05) is 0 Å². The molecular weight excluding hydrogens is 238 g/mol. The molecule has 90 valence electrons. The molecule has 0 atom stereocenters. The van der Waals surface area contributed by atoms with E-state index in [0.29, 0.717) is 5.39 Å². The second-order valence-corrected chi connectivity index (χ2v) is 5.03. The third-order valence-electron chi connectivity index (χ3n) is 2.19. The van der Waals surface area contributed by atoms with Crippen molar-refractivity contribution in [3.63, 3.8) is 0 Å². The summed E-state index contributed by atoms with van der Waals surface area (Å²) in [5, 5.41) is 0.648. The lowest BCUT2D eigenvalue weighted by Crippen LogP contribution is -2.22. The van der Waals surface area contributed by atoms with Crippen LogP contribution in [0, 0.1) is 0 Å². The average molecular weight is 251 g/mol. The van der Waals surface area contributed by atoms with E-state index in [1.165, 1.54) is 15.5 Å². The molecule has 2 aromatic rings. The van der Waals surface area contributed by atoms with E-state index in [4.69, 9.17) is 4.74 Å².